The summed E-state index contributed by atoms with van der Waals surface area (Å²) >= 11 is 0. The van der Waals surface area contributed by atoms with Gasteiger partial charge in [0.25, 0.3) is 5.91 Å². The Kier molecular flexibility index (Phi) is 7.15. The number of anilines is 1. The fourth-order valence-corrected chi connectivity index (χ4v) is 4.39. The molecule has 2 N–H and O–H groups in total. The largest absolute Gasteiger partial charge is 0.448 e. The SMILES string of the molecule is CCOC(=O)N=S(C)(=O)Nc1ccc(C)c(C(=O)N[C@H](C)c2cccc3ccccc23)c1. The minimum atomic E-state index is -3.08. The lowest BCUT2D eigenvalue weighted by atomic mass is 9.99. The van der Waals surface area contributed by atoms with E-state index in [1.807, 2.05) is 56.3 Å². The van der Waals surface area contributed by atoms with Crippen molar-refractivity contribution in [3.05, 3.63) is 77.4 Å². The number of aryl methyl sites for hydroxylation is 1. The molecule has 2 amide bonds. The summed E-state index contributed by atoms with van der Waals surface area (Å²) in [4.78, 5) is 24.6. The summed E-state index contributed by atoms with van der Waals surface area (Å²) in [6.45, 7) is 5.55. The number of fused-ring (bicyclic) bond motifs is 1. The van der Waals surface area contributed by atoms with E-state index in [1.165, 1.54) is 6.26 Å². The van der Waals surface area contributed by atoms with E-state index in [1.54, 1.807) is 25.1 Å². The molecule has 0 aliphatic carbocycles. The van der Waals surface area contributed by atoms with Crippen LogP contribution in [0.2, 0.25) is 0 Å². The third-order valence-electron chi connectivity index (χ3n) is 4.94. The Labute approximate surface area is 188 Å². The van der Waals surface area contributed by atoms with E-state index in [9.17, 15) is 13.8 Å². The van der Waals surface area contributed by atoms with Crippen LogP contribution in [-0.4, -0.2) is 29.1 Å². The molecule has 7 nitrogen and oxygen atoms in total. The zero-order valence-electron chi connectivity index (χ0n) is 18.5. The van der Waals surface area contributed by atoms with Gasteiger partial charge in [0.05, 0.1) is 12.6 Å². The molecule has 0 fully saturated rings. The van der Waals surface area contributed by atoms with Gasteiger partial charge in [0.2, 0.25) is 0 Å². The zero-order valence-corrected chi connectivity index (χ0v) is 19.4. The van der Waals surface area contributed by atoms with Gasteiger partial charge in [0, 0.05) is 17.5 Å². The fourth-order valence-electron chi connectivity index (χ4n) is 3.44. The highest BCUT2D eigenvalue weighted by molar-refractivity contribution is 7.94. The number of benzene rings is 3. The van der Waals surface area contributed by atoms with Crippen molar-refractivity contribution in [1.82, 2.24) is 5.32 Å². The molecule has 32 heavy (non-hydrogen) atoms. The Morgan fingerprint density at radius 1 is 1.09 bits per heavy atom. The van der Waals surface area contributed by atoms with E-state index in [-0.39, 0.29) is 18.6 Å². The molecule has 0 bridgehead atoms. The molecule has 0 aliphatic heterocycles. The van der Waals surface area contributed by atoms with E-state index in [0.717, 1.165) is 21.9 Å². The third-order valence-corrected chi connectivity index (χ3v) is 6.06. The van der Waals surface area contributed by atoms with Gasteiger partial charge in [-0.05, 0) is 54.8 Å². The molecule has 3 aromatic rings. The molecule has 0 radical (unpaired) electrons. The molecule has 0 aromatic heterocycles. The quantitative estimate of drug-likeness (QED) is 0.535. The molecule has 0 spiro atoms. The van der Waals surface area contributed by atoms with Gasteiger partial charge in [-0.3, -0.25) is 9.52 Å². The minimum Gasteiger partial charge on any atom is -0.448 e. The third kappa shape index (κ3) is 5.64. The molecule has 1 unspecified atom stereocenters. The number of carbonyl (C=O) groups is 2. The molecular formula is C24H27N3O4S. The van der Waals surface area contributed by atoms with Gasteiger partial charge in [0.15, 0.2) is 0 Å². The molecule has 2 atom stereocenters. The molecule has 0 heterocycles. The molecule has 168 valence electrons. The van der Waals surface area contributed by atoms with Crippen LogP contribution in [0, 0.1) is 6.92 Å². The first-order valence-corrected chi connectivity index (χ1v) is 12.2. The van der Waals surface area contributed by atoms with Gasteiger partial charge in [-0.1, -0.05) is 48.5 Å². The predicted octanol–water partition coefficient (Wildman–Crippen LogP) is 5.22. The number of carbonyl (C=O) groups excluding carboxylic acids is 2. The van der Waals surface area contributed by atoms with E-state index >= 15 is 0 Å². The van der Waals surface area contributed by atoms with E-state index in [2.05, 4.69) is 14.4 Å². The van der Waals surface area contributed by atoms with Crippen molar-refractivity contribution >= 4 is 38.4 Å². The summed E-state index contributed by atoms with van der Waals surface area (Å²) in [5.74, 6) is -0.253. The summed E-state index contributed by atoms with van der Waals surface area (Å²) < 4.78 is 23.6. The number of amides is 2. The van der Waals surface area contributed by atoms with Crippen molar-refractivity contribution in [3.63, 3.8) is 0 Å². The molecule has 3 rings (SSSR count). The van der Waals surface area contributed by atoms with Crippen molar-refractivity contribution < 1.29 is 18.5 Å². The lowest BCUT2D eigenvalue weighted by Crippen LogP contribution is -2.27. The Bertz CT molecular complexity index is 1270. The Morgan fingerprint density at radius 3 is 2.56 bits per heavy atom. The van der Waals surface area contributed by atoms with Crippen molar-refractivity contribution in [2.75, 3.05) is 17.6 Å². The van der Waals surface area contributed by atoms with Crippen LogP contribution in [0.1, 0.15) is 41.4 Å². The van der Waals surface area contributed by atoms with Crippen molar-refractivity contribution in [3.8, 4) is 0 Å². The highest BCUT2D eigenvalue weighted by Crippen LogP contribution is 2.25. The minimum absolute atomic E-state index is 0.140. The number of rotatable bonds is 6. The van der Waals surface area contributed by atoms with Gasteiger partial charge < -0.3 is 10.1 Å². The predicted molar refractivity (Wildman–Crippen MR) is 128 cm³/mol. The van der Waals surface area contributed by atoms with Crippen LogP contribution in [0.15, 0.2) is 65.0 Å². The van der Waals surface area contributed by atoms with Crippen molar-refractivity contribution in [2.45, 2.75) is 26.8 Å². The average molecular weight is 454 g/mol. The van der Waals surface area contributed by atoms with E-state index < -0.39 is 16.0 Å². The lowest BCUT2D eigenvalue weighted by molar-refractivity contribution is 0.0939. The summed E-state index contributed by atoms with van der Waals surface area (Å²) in [5.41, 5.74) is 2.64. The Morgan fingerprint density at radius 2 is 1.81 bits per heavy atom. The second-order valence-corrected chi connectivity index (χ2v) is 9.48. The second kappa shape index (κ2) is 9.82. The molecule has 0 saturated carbocycles. The summed E-state index contributed by atoms with van der Waals surface area (Å²) in [6, 6.07) is 18.9. The number of ether oxygens (including phenoxy) is 1. The lowest BCUT2D eigenvalue weighted by Gasteiger charge is -2.18. The monoisotopic (exact) mass is 453 g/mol. The van der Waals surface area contributed by atoms with Crippen LogP contribution < -0.4 is 10.0 Å². The van der Waals surface area contributed by atoms with Crippen LogP contribution in [0.3, 0.4) is 0 Å². The summed E-state index contributed by atoms with van der Waals surface area (Å²) in [5, 5.41) is 5.24. The maximum absolute atomic E-state index is 13.1. The van der Waals surface area contributed by atoms with E-state index in [0.29, 0.717) is 11.3 Å². The van der Waals surface area contributed by atoms with Gasteiger partial charge in [-0.25, -0.2) is 9.00 Å². The van der Waals surface area contributed by atoms with E-state index in [4.69, 9.17) is 4.74 Å². The summed E-state index contributed by atoms with van der Waals surface area (Å²) in [6.07, 6.45) is 0.396. The maximum atomic E-state index is 13.1. The highest BCUT2D eigenvalue weighted by Gasteiger charge is 2.16. The zero-order chi connectivity index (χ0) is 23.3. The van der Waals surface area contributed by atoms with Gasteiger partial charge >= 0.3 is 6.09 Å². The van der Waals surface area contributed by atoms with Crippen molar-refractivity contribution in [1.29, 1.82) is 0 Å². The average Bonchev–Trinajstić information content (AvgIpc) is 2.74. The molecule has 0 saturated heterocycles. The normalized spacial score (nSPS) is 13.6. The van der Waals surface area contributed by atoms with Crippen LogP contribution in [0.5, 0.6) is 0 Å². The molecule has 3 aromatic carbocycles. The first-order valence-electron chi connectivity index (χ1n) is 10.3. The van der Waals surface area contributed by atoms with Crippen LogP contribution >= 0.6 is 0 Å². The van der Waals surface area contributed by atoms with Crippen LogP contribution in [-0.2, 0) is 14.7 Å². The number of nitrogens with one attached hydrogen (secondary N) is 2. The highest BCUT2D eigenvalue weighted by atomic mass is 32.2. The maximum Gasteiger partial charge on any atom is 0.443 e. The van der Waals surface area contributed by atoms with Gasteiger partial charge in [-0.2, -0.15) is 0 Å². The number of hydrogen-bond donors (Lipinski definition) is 2. The van der Waals surface area contributed by atoms with Crippen LogP contribution in [0.25, 0.3) is 10.8 Å². The smallest absolute Gasteiger partial charge is 0.443 e. The first kappa shape index (κ1) is 23.3. The molecule has 0 aliphatic rings. The number of nitrogens with zero attached hydrogens (tertiary/aromatic N) is 1. The standard InChI is InChI=1S/C24H27N3O4S/c1-5-31-24(29)27-32(4,30)26-19-14-13-16(2)22(15-19)23(28)25-17(3)20-12-8-10-18-9-6-7-11-21(18)20/h6-15,17H,5H2,1-4H3,(H,25,28)(H,26,27,29,30)/t17-,32?/m1/s1. The van der Waals surface area contributed by atoms with Crippen LogP contribution in [0.4, 0.5) is 10.5 Å². The van der Waals surface area contributed by atoms with Gasteiger partial charge in [-0.15, -0.1) is 4.36 Å². The van der Waals surface area contributed by atoms with Gasteiger partial charge in [0.1, 0.15) is 9.92 Å². The summed E-state index contributed by atoms with van der Waals surface area (Å²) in [7, 11) is -3.08. The van der Waals surface area contributed by atoms with Crippen molar-refractivity contribution in [2.24, 2.45) is 4.36 Å². The Hall–Kier alpha value is -3.39. The second-order valence-electron chi connectivity index (χ2n) is 7.49. The molecular weight excluding hydrogens is 426 g/mol. The Balaban J connectivity index is 1.82. The topological polar surface area (TPSA) is 96.9 Å². The number of hydrogen-bond acceptors (Lipinski definition) is 4. The molecule has 8 heteroatoms. The first-order chi connectivity index (χ1) is 15.2. The fraction of sp³-hybridized carbons (Fsp3) is 0.250.